The number of rotatable bonds is 7. The number of allylic oxidation sites excluding steroid dienone is 3. The number of piperidine rings is 1. The van der Waals surface area contributed by atoms with Gasteiger partial charge in [0.2, 0.25) is 15.9 Å². The fourth-order valence-electron chi connectivity index (χ4n) is 2.81. The number of nitrogens with one attached hydrogen (secondary N) is 1. The molecule has 1 aromatic rings. The van der Waals surface area contributed by atoms with E-state index in [1.165, 1.54) is 22.5 Å². The van der Waals surface area contributed by atoms with Crippen LogP contribution in [0.15, 0.2) is 47.4 Å². The minimum absolute atomic E-state index is 0.108. The van der Waals surface area contributed by atoms with Crippen LogP contribution in [0.4, 0.5) is 5.69 Å². The SMILES string of the molecule is CC=CC=CC(=O)Nc1cc(S(=O)(=O)N2CCCCC2)ccc1OC(C)C. The van der Waals surface area contributed by atoms with Crippen molar-refractivity contribution in [2.24, 2.45) is 0 Å². The standard InChI is InChI=1S/C20H28N2O4S/c1-4-5-7-10-20(23)21-18-15-17(11-12-19(18)26-16(2)3)27(24,25)22-13-8-6-9-14-22/h4-5,7,10-12,15-16H,6,8-9,13-14H2,1-3H3,(H,21,23). The van der Waals surface area contributed by atoms with E-state index in [1.807, 2.05) is 26.8 Å². The van der Waals surface area contributed by atoms with Gasteiger partial charge in [-0.3, -0.25) is 4.79 Å². The van der Waals surface area contributed by atoms with Crippen LogP contribution >= 0.6 is 0 Å². The molecule has 2 rings (SSSR count). The highest BCUT2D eigenvalue weighted by Gasteiger charge is 2.27. The number of amides is 1. The molecule has 27 heavy (non-hydrogen) atoms. The first kappa shape index (κ1) is 21.2. The number of hydrogen-bond acceptors (Lipinski definition) is 4. The summed E-state index contributed by atoms with van der Waals surface area (Å²) in [7, 11) is -3.59. The van der Waals surface area contributed by atoms with E-state index in [9.17, 15) is 13.2 Å². The van der Waals surface area contributed by atoms with Crippen molar-refractivity contribution in [2.45, 2.75) is 51.0 Å². The summed E-state index contributed by atoms with van der Waals surface area (Å²) >= 11 is 0. The number of nitrogens with zero attached hydrogens (tertiary/aromatic N) is 1. The quantitative estimate of drug-likeness (QED) is 0.567. The van der Waals surface area contributed by atoms with Gasteiger partial charge in [0.05, 0.1) is 16.7 Å². The van der Waals surface area contributed by atoms with Gasteiger partial charge >= 0.3 is 0 Å². The number of carbonyl (C=O) groups excluding carboxylic acids is 1. The molecule has 1 heterocycles. The largest absolute Gasteiger partial charge is 0.489 e. The van der Waals surface area contributed by atoms with Crippen LogP contribution in [0.3, 0.4) is 0 Å². The van der Waals surface area contributed by atoms with Gasteiger partial charge in [-0.1, -0.05) is 24.6 Å². The van der Waals surface area contributed by atoms with Crippen molar-refractivity contribution < 1.29 is 17.9 Å². The molecule has 7 heteroatoms. The summed E-state index contributed by atoms with van der Waals surface area (Å²) in [5.74, 6) is 0.0876. The average molecular weight is 393 g/mol. The Morgan fingerprint density at radius 3 is 2.52 bits per heavy atom. The molecule has 148 valence electrons. The Kier molecular flexibility index (Phi) is 7.62. The molecule has 0 aliphatic carbocycles. The lowest BCUT2D eigenvalue weighted by molar-refractivity contribution is -0.111. The molecule has 1 fully saturated rings. The monoisotopic (exact) mass is 392 g/mol. The third kappa shape index (κ3) is 5.94. The van der Waals surface area contributed by atoms with E-state index in [4.69, 9.17) is 4.74 Å². The molecular weight excluding hydrogens is 364 g/mol. The molecule has 1 N–H and O–H groups in total. The molecular formula is C20H28N2O4S. The van der Waals surface area contributed by atoms with Crippen molar-refractivity contribution >= 4 is 21.6 Å². The highest BCUT2D eigenvalue weighted by atomic mass is 32.2. The zero-order chi connectivity index (χ0) is 19.9. The van der Waals surface area contributed by atoms with E-state index in [2.05, 4.69) is 5.32 Å². The molecule has 0 spiro atoms. The van der Waals surface area contributed by atoms with Gasteiger partial charge in [0.25, 0.3) is 0 Å². The molecule has 1 aliphatic rings. The molecule has 1 aliphatic heterocycles. The predicted octanol–water partition coefficient (Wildman–Crippen LogP) is 3.72. The van der Waals surface area contributed by atoms with Crippen LogP contribution in [0.1, 0.15) is 40.0 Å². The highest BCUT2D eigenvalue weighted by Crippen LogP contribution is 2.31. The Morgan fingerprint density at radius 2 is 1.89 bits per heavy atom. The molecule has 1 amide bonds. The lowest BCUT2D eigenvalue weighted by Crippen LogP contribution is -2.35. The maximum absolute atomic E-state index is 12.9. The van der Waals surface area contributed by atoms with E-state index < -0.39 is 10.0 Å². The average Bonchev–Trinajstić information content (AvgIpc) is 2.63. The van der Waals surface area contributed by atoms with Crippen LogP contribution in [0, 0.1) is 0 Å². The summed E-state index contributed by atoms with van der Waals surface area (Å²) in [6.07, 6.45) is 9.22. The molecule has 0 radical (unpaired) electrons. The lowest BCUT2D eigenvalue weighted by atomic mass is 10.2. The zero-order valence-electron chi connectivity index (χ0n) is 16.1. The summed E-state index contributed by atoms with van der Waals surface area (Å²) in [4.78, 5) is 12.3. The van der Waals surface area contributed by atoms with Gasteiger partial charge in [0.15, 0.2) is 0 Å². The van der Waals surface area contributed by atoms with Crippen molar-refractivity contribution in [1.29, 1.82) is 0 Å². The van der Waals surface area contributed by atoms with Gasteiger partial charge in [0.1, 0.15) is 5.75 Å². The van der Waals surface area contributed by atoms with Crippen LogP contribution in [0.5, 0.6) is 5.75 Å². The third-order valence-electron chi connectivity index (χ3n) is 4.08. The smallest absolute Gasteiger partial charge is 0.248 e. The number of carbonyl (C=O) groups is 1. The summed E-state index contributed by atoms with van der Waals surface area (Å²) < 4.78 is 33.1. The Balaban J connectivity index is 2.33. The first-order valence-corrected chi connectivity index (χ1v) is 10.7. The van der Waals surface area contributed by atoms with Crippen molar-refractivity contribution in [2.75, 3.05) is 18.4 Å². The van der Waals surface area contributed by atoms with Gasteiger partial charge in [-0.15, -0.1) is 0 Å². The number of anilines is 1. The van der Waals surface area contributed by atoms with Crippen molar-refractivity contribution in [3.63, 3.8) is 0 Å². The molecule has 1 aromatic carbocycles. The normalized spacial score (nSPS) is 16.3. The van der Waals surface area contributed by atoms with E-state index >= 15 is 0 Å². The molecule has 6 nitrogen and oxygen atoms in total. The van der Waals surface area contributed by atoms with E-state index in [0.717, 1.165) is 19.3 Å². The van der Waals surface area contributed by atoms with Gasteiger partial charge in [-0.2, -0.15) is 4.31 Å². The minimum Gasteiger partial charge on any atom is -0.489 e. The summed E-state index contributed by atoms with van der Waals surface area (Å²) in [5.41, 5.74) is 0.344. The Hall–Kier alpha value is -2.12. The second kappa shape index (κ2) is 9.71. The molecule has 0 bridgehead atoms. The molecule has 0 unspecified atom stereocenters. The number of benzene rings is 1. The molecule has 1 saturated heterocycles. The summed E-state index contributed by atoms with van der Waals surface area (Å²) in [6, 6.07) is 4.61. The molecule has 0 aromatic heterocycles. The predicted molar refractivity (Wildman–Crippen MR) is 107 cm³/mol. The van der Waals surface area contributed by atoms with Gasteiger partial charge in [0, 0.05) is 19.2 Å². The first-order chi connectivity index (χ1) is 12.8. The fourth-order valence-corrected chi connectivity index (χ4v) is 4.35. The van der Waals surface area contributed by atoms with Gasteiger partial charge in [-0.05, 0) is 51.8 Å². The van der Waals surface area contributed by atoms with Crippen LogP contribution in [0.25, 0.3) is 0 Å². The fraction of sp³-hybridized carbons (Fsp3) is 0.450. The second-order valence-corrected chi connectivity index (χ2v) is 8.60. The van der Waals surface area contributed by atoms with Gasteiger partial charge in [-0.25, -0.2) is 8.42 Å². The number of ether oxygens (including phenoxy) is 1. The van der Waals surface area contributed by atoms with E-state index in [0.29, 0.717) is 24.5 Å². The van der Waals surface area contributed by atoms with E-state index in [-0.39, 0.29) is 16.9 Å². The Labute approximate surface area is 162 Å². The Bertz CT molecular complexity index is 807. The topological polar surface area (TPSA) is 75.7 Å². The van der Waals surface area contributed by atoms with Crippen LogP contribution in [0.2, 0.25) is 0 Å². The number of hydrogen-bond donors (Lipinski definition) is 1. The van der Waals surface area contributed by atoms with Crippen molar-refractivity contribution in [1.82, 2.24) is 4.31 Å². The van der Waals surface area contributed by atoms with Crippen LogP contribution < -0.4 is 10.1 Å². The molecule has 0 atom stereocenters. The van der Waals surface area contributed by atoms with Crippen molar-refractivity contribution in [3.05, 3.63) is 42.5 Å². The highest BCUT2D eigenvalue weighted by molar-refractivity contribution is 7.89. The van der Waals surface area contributed by atoms with Crippen LogP contribution in [-0.2, 0) is 14.8 Å². The summed E-state index contributed by atoms with van der Waals surface area (Å²) in [5, 5.41) is 2.72. The summed E-state index contributed by atoms with van der Waals surface area (Å²) in [6.45, 7) is 6.65. The Morgan fingerprint density at radius 1 is 1.19 bits per heavy atom. The number of sulfonamides is 1. The van der Waals surface area contributed by atoms with E-state index in [1.54, 1.807) is 18.2 Å². The molecule has 0 saturated carbocycles. The maximum Gasteiger partial charge on any atom is 0.248 e. The maximum atomic E-state index is 12.9. The van der Waals surface area contributed by atoms with Crippen LogP contribution in [-0.4, -0.2) is 37.8 Å². The second-order valence-electron chi connectivity index (χ2n) is 6.66. The third-order valence-corrected chi connectivity index (χ3v) is 5.97. The van der Waals surface area contributed by atoms with Crippen molar-refractivity contribution in [3.8, 4) is 5.75 Å². The lowest BCUT2D eigenvalue weighted by Gasteiger charge is -2.26. The first-order valence-electron chi connectivity index (χ1n) is 9.26. The minimum atomic E-state index is -3.59. The van der Waals surface area contributed by atoms with Gasteiger partial charge < -0.3 is 10.1 Å². The zero-order valence-corrected chi connectivity index (χ0v) is 17.0.